The van der Waals surface area contributed by atoms with Gasteiger partial charge in [-0.15, -0.1) is 0 Å². The molecule has 2 aromatic heterocycles. The van der Waals surface area contributed by atoms with E-state index in [9.17, 15) is 0 Å². The van der Waals surface area contributed by atoms with E-state index < -0.39 is 0 Å². The molecule has 0 atom stereocenters. The van der Waals surface area contributed by atoms with Crippen molar-refractivity contribution in [3.63, 3.8) is 0 Å². The summed E-state index contributed by atoms with van der Waals surface area (Å²) in [5, 5.41) is 12.3. The van der Waals surface area contributed by atoms with E-state index in [2.05, 4.69) is 54.1 Å². The maximum atomic E-state index is 4.63. The zero-order valence-electron chi connectivity index (χ0n) is 12.3. The molecule has 2 rings (SSSR count). The van der Waals surface area contributed by atoms with E-state index in [4.69, 9.17) is 0 Å². The highest BCUT2D eigenvalue weighted by Crippen LogP contribution is 2.14. The van der Waals surface area contributed by atoms with Crippen molar-refractivity contribution in [1.82, 2.24) is 24.9 Å². The van der Waals surface area contributed by atoms with Crippen LogP contribution < -0.4 is 5.32 Å². The summed E-state index contributed by atoms with van der Waals surface area (Å²) in [6.45, 7) is 12.0. The van der Waals surface area contributed by atoms with Crippen molar-refractivity contribution in [3.05, 3.63) is 34.9 Å². The Kier molecular flexibility index (Phi) is 4.37. The highest BCUT2D eigenvalue weighted by atomic mass is 15.3. The van der Waals surface area contributed by atoms with Crippen LogP contribution in [0, 0.1) is 13.8 Å². The molecule has 19 heavy (non-hydrogen) atoms. The van der Waals surface area contributed by atoms with Gasteiger partial charge in [0, 0.05) is 36.1 Å². The second-order valence-corrected chi connectivity index (χ2v) is 4.79. The topological polar surface area (TPSA) is 47.7 Å². The predicted molar refractivity (Wildman–Crippen MR) is 76.1 cm³/mol. The quantitative estimate of drug-likeness (QED) is 0.863. The number of aryl methyl sites for hydroxylation is 2. The lowest BCUT2D eigenvalue weighted by atomic mass is 10.2. The summed E-state index contributed by atoms with van der Waals surface area (Å²) in [6.07, 6.45) is 4.00. The first-order chi connectivity index (χ1) is 9.15. The molecule has 0 unspecified atom stereocenters. The number of hydrogen-bond donors (Lipinski definition) is 1. The van der Waals surface area contributed by atoms with Gasteiger partial charge in [0.1, 0.15) is 0 Å². The van der Waals surface area contributed by atoms with E-state index in [0.717, 1.165) is 31.9 Å². The van der Waals surface area contributed by atoms with E-state index >= 15 is 0 Å². The fourth-order valence-electron chi connectivity index (χ4n) is 2.23. The van der Waals surface area contributed by atoms with Crippen molar-refractivity contribution in [2.45, 2.75) is 47.3 Å². The number of nitrogens with zero attached hydrogens (tertiary/aromatic N) is 4. The molecule has 104 valence electrons. The van der Waals surface area contributed by atoms with Crippen molar-refractivity contribution in [3.8, 4) is 0 Å². The molecular weight excluding hydrogens is 238 g/mol. The Hall–Kier alpha value is -1.62. The molecule has 0 fully saturated rings. The highest BCUT2D eigenvalue weighted by molar-refractivity contribution is 5.25. The standard InChI is InChI=1S/C14H23N5/c1-5-15-8-14-11(3)17-19(12(14)4)10-13-7-16-18(6-2)9-13/h7,9,15H,5-6,8,10H2,1-4H3. The molecule has 0 aliphatic rings. The molecule has 0 aliphatic heterocycles. The fraction of sp³-hybridized carbons (Fsp3) is 0.571. The van der Waals surface area contributed by atoms with Gasteiger partial charge in [0.05, 0.1) is 18.4 Å². The van der Waals surface area contributed by atoms with E-state index in [1.807, 2.05) is 10.9 Å². The van der Waals surface area contributed by atoms with Gasteiger partial charge in [-0.25, -0.2) is 0 Å². The van der Waals surface area contributed by atoms with Gasteiger partial charge in [0.15, 0.2) is 0 Å². The van der Waals surface area contributed by atoms with Crippen molar-refractivity contribution in [2.75, 3.05) is 6.54 Å². The minimum Gasteiger partial charge on any atom is -0.313 e. The Labute approximate surface area is 114 Å². The zero-order valence-corrected chi connectivity index (χ0v) is 12.3. The van der Waals surface area contributed by atoms with Gasteiger partial charge in [-0.1, -0.05) is 6.92 Å². The molecule has 2 aromatic rings. The normalized spacial score (nSPS) is 11.2. The molecule has 0 saturated carbocycles. The number of hydrogen-bond acceptors (Lipinski definition) is 3. The van der Waals surface area contributed by atoms with Crippen molar-refractivity contribution < 1.29 is 0 Å². The van der Waals surface area contributed by atoms with Crippen LogP contribution in [0.15, 0.2) is 12.4 Å². The van der Waals surface area contributed by atoms with Crippen molar-refractivity contribution in [2.24, 2.45) is 0 Å². The minimum absolute atomic E-state index is 0.790. The Morgan fingerprint density at radius 2 is 2.05 bits per heavy atom. The number of nitrogens with one attached hydrogen (secondary N) is 1. The summed E-state index contributed by atoms with van der Waals surface area (Å²) in [6, 6.07) is 0. The third-order valence-electron chi connectivity index (χ3n) is 3.43. The predicted octanol–water partition coefficient (Wildman–Crippen LogP) is 1.87. The van der Waals surface area contributed by atoms with Crippen LogP contribution in [0.3, 0.4) is 0 Å². The molecule has 5 nitrogen and oxygen atoms in total. The minimum atomic E-state index is 0.790. The molecule has 1 N–H and O–H groups in total. The molecule has 2 heterocycles. The van der Waals surface area contributed by atoms with Crippen LogP contribution in [-0.4, -0.2) is 26.1 Å². The van der Waals surface area contributed by atoms with Crippen molar-refractivity contribution >= 4 is 0 Å². The second kappa shape index (κ2) is 6.02. The maximum absolute atomic E-state index is 4.63. The van der Waals surface area contributed by atoms with Crippen LogP contribution in [0.25, 0.3) is 0 Å². The Balaban J connectivity index is 2.16. The lowest BCUT2D eigenvalue weighted by Crippen LogP contribution is -2.13. The molecule has 0 amide bonds. The molecule has 0 aromatic carbocycles. The van der Waals surface area contributed by atoms with Gasteiger partial charge in [-0.05, 0) is 27.3 Å². The average molecular weight is 261 g/mol. The summed E-state index contributed by atoms with van der Waals surface area (Å²) in [4.78, 5) is 0. The SMILES string of the molecule is CCNCc1c(C)nn(Cc2cnn(CC)c2)c1C. The van der Waals surface area contributed by atoms with Gasteiger partial charge in [-0.2, -0.15) is 10.2 Å². The lowest BCUT2D eigenvalue weighted by Gasteiger charge is -2.04. The monoisotopic (exact) mass is 261 g/mol. The summed E-state index contributed by atoms with van der Waals surface area (Å²) < 4.78 is 4.01. The van der Waals surface area contributed by atoms with Crippen LogP contribution in [0.1, 0.15) is 36.4 Å². The Morgan fingerprint density at radius 1 is 1.26 bits per heavy atom. The first kappa shape index (κ1) is 13.8. The Morgan fingerprint density at radius 3 is 2.68 bits per heavy atom. The van der Waals surface area contributed by atoms with Gasteiger partial charge in [-0.3, -0.25) is 9.36 Å². The van der Waals surface area contributed by atoms with Gasteiger partial charge < -0.3 is 5.32 Å². The van der Waals surface area contributed by atoms with E-state index in [1.54, 1.807) is 0 Å². The second-order valence-electron chi connectivity index (χ2n) is 4.79. The third-order valence-corrected chi connectivity index (χ3v) is 3.43. The van der Waals surface area contributed by atoms with Gasteiger partial charge in [0.25, 0.3) is 0 Å². The number of rotatable bonds is 6. The lowest BCUT2D eigenvalue weighted by molar-refractivity contribution is 0.645. The maximum Gasteiger partial charge on any atom is 0.0693 e. The molecule has 0 spiro atoms. The smallest absolute Gasteiger partial charge is 0.0693 e. The largest absolute Gasteiger partial charge is 0.313 e. The van der Waals surface area contributed by atoms with Crippen LogP contribution in [-0.2, 0) is 19.6 Å². The summed E-state index contributed by atoms with van der Waals surface area (Å²) in [5.41, 5.74) is 4.86. The highest BCUT2D eigenvalue weighted by Gasteiger charge is 2.11. The van der Waals surface area contributed by atoms with Crippen LogP contribution in [0.2, 0.25) is 0 Å². The molecule has 0 aliphatic carbocycles. The third kappa shape index (κ3) is 3.04. The molecule has 0 radical (unpaired) electrons. The summed E-state index contributed by atoms with van der Waals surface area (Å²) >= 11 is 0. The summed E-state index contributed by atoms with van der Waals surface area (Å²) in [7, 11) is 0. The van der Waals surface area contributed by atoms with Crippen LogP contribution >= 0.6 is 0 Å². The zero-order chi connectivity index (χ0) is 13.8. The first-order valence-corrected chi connectivity index (χ1v) is 6.90. The fourth-order valence-corrected chi connectivity index (χ4v) is 2.23. The van der Waals surface area contributed by atoms with Crippen molar-refractivity contribution in [1.29, 1.82) is 0 Å². The molecule has 0 bridgehead atoms. The number of aromatic nitrogens is 4. The molecular formula is C14H23N5. The molecule has 0 saturated heterocycles. The Bertz CT molecular complexity index is 538. The van der Waals surface area contributed by atoms with E-state index in [-0.39, 0.29) is 0 Å². The molecule has 5 heteroatoms. The van der Waals surface area contributed by atoms with Gasteiger partial charge in [0.2, 0.25) is 0 Å². The van der Waals surface area contributed by atoms with Crippen LogP contribution in [0.5, 0.6) is 0 Å². The summed E-state index contributed by atoms with van der Waals surface area (Å²) in [5.74, 6) is 0. The van der Waals surface area contributed by atoms with Gasteiger partial charge >= 0.3 is 0 Å². The first-order valence-electron chi connectivity index (χ1n) is 6.90. The van der Waals surface area contributed by atoms with E-state index in [1.165, 1.54) is 16.8 Å². The van der Waals surface area contributed by atoms with Crippen LogP contribution in [0.4, 0.5) is 0 Å². The average Bonchev–Trinajstić information content (AvgIpc) is 2.95. The van der Waals surface area contributed by atoms with E-state index in [0.29, 0.717) is 0 Å².